The van der Waals surface area contributed by atoms with Gasteiger partial charge in [-0.1, -0.05) is 34.6 Å². The second-order valence-corrected chi connectivity index (χ2v) is 6.77. The SMILES string of the molecule is CCC(CC)(NCc1nc(C(C)(C)C)cs1)C(=O)O. The number of carboxylic acid groups (broad SMARTS) is 1. The van der Waals surface area contributed by atoms with Crippen LogP contribution in [0, 0.1) is 0 Å². The van der Waals surface area contributed by atoms with E-state index in [2.05, 4.69) is 36.5 Å². The van der Waals surface area contributed by atoms with E-state index in [0.29, 0.717) is 19.4 Å². The van der Waals surface area contributed by atoms with Crippen LogP contribution in [0.25, 0.3) is 0 Å². The van der Waals surface area contributed by atoms with Gasteiger partial charge in [0.2, 0.25) is 0 Å². The van der Waals surface area contributed by atoms with E-state index in [4.69, 9.17) is 0 Å². The van der Waals surface area contributed by atoms with Crippen LogP contribution < -0.4 is 5.32 Å². The lowest BCUT2D eigenvalue weighted by Gasteiger charge is -2.27. The van der Waals surface area contributed by atoms with Crippen LogP contribution in [-0.2, 0) is 16.8 Å². The number of hydrogen-bond acceptors (Lipinski definition) is 4. The van der Waals surface area contributed by atoms with Crippen molar-refractivity contribution in [1.29, 1.82) is 0 Å². The Hall–Kier alpha value is -0.940. The monoisotopic (exact) mass is 284 g/mol. The van der Waals surface area contributed by atoms with Crippen molar-refractivity contribution in [2.45, 2.75) is 65.0 Å². The predicted octanol–water partition coefficient (Wildman–Crippen LogP) is 3.17. The van der Waals surface area contributed by atoms with Crippen molar-refractivity contribution in [3.05, 3.63) is 16.1 Å². The average Bonchev–Trinajstić information content (AvgIpc) is 2.79. The number of rotatable bonds is 6. The maximum Gasteiger partial charge on any atom is 0.323 e. The molecule has 0 radical (unpaired) electrons. The first-order valence-corrected chi connectivity index (χ1v) is 7.56. The van der Waals surface area contributed by atoms with Crippen LogP contribution in [0.4, 0.5) is 0 Å². The summed E-state index contributed by atoms with van der Waals surface area (Å²) < 4.78 is 0. The first-order valence-electron chi connectivity index (χ1n) is 6.68. The molecule has 108 valence electrons. The molecule has 2 N–H and O–H groups in total. The number of thiazole rings is 1. The van der Waals surface area contributed by atoms with Crippen LogP contribution >= 0.6 is 11.3 Å². The van der Waals surface area contributed by atoms with E-state index in [1.165, 1.54) is 0 Å². The van der Waals surface area contributed by atoms with E-state index in [1.807, 2.05) is 13.8 Å². The largest absolute Gasteiger partial charge is 0.480 e. The molecule has 1 rings (SSSR count). The lowest BCUT2D eigenvalue weighted by Crippen LogP contribution is -2.50. The number of nitrogens with zero attached hydrogens (tertiary/aromatic N) is 1. The Morgan fingerprint density at radius 1 is 1.37 bits per heavy atom. The summed E-state index contributed by atoms with van der Waals surface area (Å²) in [5.74, 6) is -0.787. The molecule has 0 saturated heterocycles. The van der Waals surface area contributed by atoms with Gasteiger partial charge in [-0.25, -0.2) is 4.98 Å². The third kappa shape index (κ3) is 3.76. The Morgan fingerprint density at radius 2 is 1.95 bits per heavy atom. The molecule has 0 spiro atoms. The Kier molecular flexibility index (Phi) is 5.10. The molecule has 0 atom stereocenters. The summed E-state index contributed by atoms with van der Waals surface area (Å²) in [6.07, 6.45) is 1.13. The molecule has 0 saturated carbocycles. The molecule has 1 aromatic heterocycles. The summed E-state index contributed by atoms with van der Waals surface area (Å²) in [7, 11) is 0. The molecule has 19 heavy (non-hydrogen) atoms. The highest BCUT2D eigenvalue weighted by Crippen LogP contribution is 2.24. The fourth-order valence-corrected chi connectivity index (χ4v) is 2.82. The first kappa shape index (κ1) is 16.1. The first-order chi connectivity index (χ1) is 8.75. The minimum absolute atomic E-state index is 0.0359. The minimum atomic E-state index is -0.840. The molecule has 0 amide bonds. The van der Waals surface area contributed by atoms with Crippen molar-refractivity contribution in [2.24, 2.45) is 0 Å². The molecular formula is C14H24N2O2S. The molecule has 0 aliphatic heterocycles. The van der Waals surface area contributed by atoms with Gasteiger partial charge >= 0.3 is 5.97 Å². The quantitative estimate of drug-likeness (QED) is 0.842. The normalized spacial score (nSPS) is 12.7. The Bertz CT molecular complexity index is 431. The zero-order valence-corrected chi connectivity index (χ0v) is 13.2. The molecule has 0 aliphatic carbocycles. The molecule has 0 unspecified atom stereocenters. The van der Waals surface area contributed by atoms with Crippen molar-refractivity contribution in [3.63, 3.8) is 0 Å². The van der Waals surface area contributed by atoms with E-state index >= 15 is 0 Å². The van der Waals surface area contributed by atoms with Crippen LogP contribution in [0.3, 0.4) is 0 Å². The van der Waals surface area contributed by atoms with Gasteiger partial charge in [0.05, 0.1) is 5.69 Å². The van der Waals surface area contributed by atoms with Gasteiger partial charge in [-0.15, -0.1) is 11.3 Å². The van der Waals surface area contributed by atoms with Crippen LogP contribution in [0.5, 0.6) is 0 Å². The number of aliphatic carboxylic acids is 1. The smallest absolute Gasteiger partial charge is 0.323 e. The Labute approximate surface area is 119 Å². The maximum atomic E-state index is 11.4. The number of hydrogen-bond donors (Lipinski definition) is 2. The summed E-state index contributed by atoms with van der Waals surface area (Å²) >= 11 is 1.58. The standard InChI is InChI=1S/C14H24N2O2S/c1-6-14(7-2,12(17)18)15-8-11-16-10(9-19-11)13(3,4)5/h9,15H,6-8H2,1-5H3,(H,17,18). The third-order valence-corrected chi connectivity index (χ3v) is 4.36. The summed E-state index contributed by atoms with van der Waals surface area (Å²) in [5, 5.41) is 15.5. The zero-order chi connectivity index (χ0) is 14.7. The summed E-state index contributed by atoms with van der Waals surface area (Å²) in [6, 6.07) is 0. The number of carbonyl (C=O) groups is 1. The molecule has 1 aromatic rings. The van der Waals surface area contributed by atoms with Crippen LogP contribution in [0.1, 0.15) is 58.2 Å². The van der Waals surface area contributed by atoms with Crippen molar-refractivity contribution in [3.8, 4) is 0 Å². The predicted molar refractivity (Wildman–Crippen MR) is 78.6 cm³/mol. The van der Waals surface area contributed by atoms with Crippen molar-refractivity contribution in [1.82, 2.24) is 10.3 Å². The second-order valence-electron chi connectivity index (χ2n) is 5.82. The van der Waals surface area contributed by atoms with Crippen LogP contribution in [0.2, 0.25) is 0 Å². The molecule has 0 bridgehead atoms. The summed E-state index contributed by atoms with van der Waals surface area (Å²) in [5.41, 5.74) is 0.255. The van der Waals surface area contributed by atoms with Gasteiger partial charge in [0, 0.05) is 17.3 Å². The molecule has 1 heterocycles. The molecule has 0 aliphatic rings. The molecule has 5 heteroatoms. The number of carboxylic acids is 1. The zero-order valence-electron chi connectivity index (χ0n) is 12.4. The van der Waals surface area contributed by atoms with Gasteiger partial charge in [0.15, 0.2) is 0 Å². The van der Waals surface area contributed by atoms with Crippen molar-refractivity contribution in [2.75, 3.05) is 0 Å². The van der Waals surface area contributed by atoms with E-state index in [-0.39, 0.29) is 5.41 Å². The minimum Gasteiger partial charge on any atom is -0.480 e. The number of nitrogens with one attached hydrogen (secondary N) is 1. The third-order valence-electron chi connectivity index (χ3n) is 3.51. The highest BCUT2D eigenvalue weighted by atomic mass is 32.1. The van der Waals surface area contributed by atoms with Gasteiger partial charge < -0.3 is 5.11 Å². The van der Waals surface area contributed by atoms with Crippen molar-refractivity contribution < 1.29 is 9.90 Å². The highest BCUT2D eigenvalue weighted by Gasteiger charge is 2.34. The fraction of sp³-hybridized carbons (Fsp3) is 0.714. The summed E-state index contributed by atoms with van der Waals surface area (Å²) in [4.78, 5) is 16.0. The fourth-order valence-electron chi connectivity index (χ4n) is 1.86. The maximum absolute atomic E-state index is 11.4. The Morgan fingerprint density at radius 3 is 2.32 bits per heavy atom. The van der Waals surface area contributed by atoms with E-state index in [0.717, 1.165) is 10.7 Å². The van der Waals surface area contributed by atoms with Crippen molar-refractivity contribution >= 4 is 17.3 Å². The molecular weight excluding hydrogens is 260 g/mol. The lowest BCUT2D eigenvalue weighted by molar-refractivity contribution is -0.145. The second kappa shape index (κ2) is 6.01. The van der Waals surface area contributed by atoms with Gasteiger partial charge in [-0.2, -0.15) is 0 Å². The van der Waals surface area contributed by atoms with Crippen LogP contribution in [0.15, 0.2) is 5.38 Å². The van der Waals surface area contributed by atoms with E-state index < -0.39 is 11.5 Å². The van der Waals surface area contributed by atoms with E-state index in [9.17, 15) is 9.90 Å². The molecule has 0 fully saturated rings. The van der Waals surface area contributed by atoms with Gasteiger partial charge in [0.1, 0.15) is 10.5 Å². The molecule has 4 nitrogen and oxygen atoms in total. The Balaban J connectivity index is 2.76. The molecule has 0 aromatic carbocycles. The topological polar surface area (TPSA) is 62.2 Å². The summed E-state index contributed by atoms with van der Waals surface area (Å²) in [6.45, 7) is 10.7. The lowest BCUT2D eigenvalue weighted by atomic mass is 9.93. The average molecular weight is 284 g/mol. The van der Waals surface area contributed by atoms with E-state index in [1.54, 1.807) is 11.3 Å². The van der Waals surface area contributed by atoms with Gasteiger partial charge in [-0.3, -0.25) is 10.1 Å². The van der Waals surface area contributed by atoms with Gasteiger partial charge in [0.25, 0.3) is 0 Å². The highest BCUT2D eigenvalue weighted by molar-refractivity contribution is 7.09. The number of aromatic nitrogens is 1. The van der Waals surface area contributed by atoms with Gasteiger partial charge in [-0.05, 0) is 12.8 Å². The van der Waals surface area contributed by atoms with Crippen LogP contribution in [-0.4, -0.2) is 21.6 Å².